The number of hydrogen-bond donors (Lipinski definition) is 1. The number of rotatable bonds is 4. The molecule has 1 fully saturated rings. The van der Waals surface area contributed by atoms with Crippen molar-refractivity contribution in [2.75, 3.05) is 11.5 Å². The topological polar surface area (TPSA) is 75.6 Å². The number of nitrogens with one attached hydrogen (secondary N) is 1. The van der Waals surface area contributed by atoms with Crippen LogP contribution in [0.2, 0.25) is 0 Å². The standard InChI is InChI=1S/C14H18N2O3S/c1-11-3-2-4-12(7-11)9-15-16-14(17)8-13-5-6-20(18,19)10-13/h2-4,7,9,13H,5-6,8,10H2,1H3,(H,16,17)/b15-9-/t13-/m0/s1. The van der Waals surface area contributed by atoms with Gasteiger partial charge in [-0.05, 0) is 24.8 Å². The van der Waals surface area contributed by atoms with Crippen molar-refractivity contribution >= 4 is 22.0 Å². The Labute approximate surface area is 119 Å². The number of hydrogen-bond acceptors (Lipinski definition) is 4. The zero-order chi connectivity index (χ0) is 14.6. The molecular weight excluding hydrogens is 276 g/mol. The van der Waals surface area contributed by atoms with Crippen LogP contribution in [0.5, 0.6) is 0 Å². The van der Waals surface area contributed by atoms with Crippen LogP contribution in [0.25, 0.3) is 0 Å². The maximum atomic E-state index is 11.6. The lowest BCUT2D eigenvalue weighted by atomic mass is 10.1. The first-order valence-corrected chi connectivity index (χ1v) is 8.36. The number of sulfone groups is 1. The average molecular weight is 294 g/mol. The summed E-state index contributed by atoms with van der Waals surface area (Å²) in [6.07, 6.45) is 2.36. The Morgan fingerprint density at radius 2 is 2.30 bits per heavy atom. The Bertz CT molecular complexity index is 623. The lowest BCUT2D eigenvalue weighted by Crippen LogP contribution is -2.21. The number of nitrogens with zero attached hydrogens (tertiary/aromatic N) is 1. The van der Waals surface area contributed by atoms with Gasteiger partial charge in [0.2, 0.25) is 5.91 Å². The van der Waals surface area contributed by atoms with Gasteiger partial charge in [0.05, 0.1) is 17.7 Å². The highest BCUT2D eigenvalue weighted by molar-refractivity contribution is 7.91. The van der Waals surface area contributed by atoms with Crippen molar-refractivity contribution in [1.29, 1.82) is 0 Å². The summed E-state index contributed by atoms with van der Waals surface area (Å²) < 4.78 is 22.6. The van der Waals surface area contributed by atoms with Crippen LogP contribution in [0.15, 0.2) is 29.4 Å². The van der Waals surface area contributed by atoms with Crippen LogP contribution in [0, 0.1) is 12.8 Å². The summed E-state index contributed by atoms with van der Waals surface area (Å²) in [7, 11) is -2.93. The molecule has 108 valence electrons. The van der Waals surface area contributed by atoms with Gasteiger partial charge in [-0.3, -0.25) is 4.79 Å². The van der Waals surface area contributed by atoms with Crippen molar-refractivity contribution < 1.29 is 13.2 Å². The van der Waals surface area contributed by atoms with Gasteiger partial charge in [0.25, 0.3) is 0 Å². The van der Waals surface area contributed by atoms with E-state index in [-0.39, 0.29) is 29.8 Å². The van der Waals surface area contributed by atoms with Crippen molar-refractivity contribution in [1.82, 2.24) is 5.43 Å². The highest BCUT2D eigenvalue weighted by atomic mass is 32.2. The molecule has 0 aliphatic carbocycles. The zero-order valence-electron chi connectivity index (χ0n) is 11.4. The molecule has 20 heavy (non-hydrogen) atoms. The van der Waals surface area contributed by atoms with E-state index in [0.717, 1.165) is 11.1 Å². The molecule has 1 heterocycles. The van der Waals surface area contributed by atoms with Crippen molar-refractivity contribution in [3.8, 4) is 0 Å². The third-order valence-corrected chi connectivity index (χ3v) is 5.08. The number of hydrazone groups is 1. The average Bonchev–Trinajstić information content (AvgIpc) is 2.68. The van der Waals surface area contributed by atoms with Crippen LogP contribution in [0.4, 0.5) is 0 Å². The first kappa shape index (κ1) is 14.7. The Hall–Kier alpha value is -1.69. The summed E-state index contributed by atoms with van der Waals surface area (Å²) in [6, 6.07) is 7.75. The van der Waals surface area contributed by atoms with Gasteiger partial charge >= 0.3 is 0 Å². The molecule has 1 aromatic carbocycles. The molecule has 1 aliphatic heterocycles. The van der Waals surface area contributed by atoms with Gasteiger partial charge in [-0.15, -0.1) is 0 Å². The molecule has 6 heteroatoms. The SMILES string of the molecule is Cc1cccc(/C=N\NC(=O)C[C@@H]2CCS(=O)(=O)C2)c1. The van der Waals surface area contributed by atoms with Crippen LogP contribution in [-0.2, 0) is 14.6 Å². The van der Waals surface area contributed by atoms with E-state index < -0.39 is 9.84 Å². The van der Waals surface area contributed by atoms with E-state index in [1.807, 2.05) is 31.2 Å². The molecule has 1 atom stereocenters. The summed E-state index contributed by atoms with van der Waals surface area (Å²) in [5.74, 6) is -0.00957. The van der Waals surface area contributed by atoms with E-state index in [1.165, 1.54) is 0 Å². The Kier molecular flexibility index (Phi) is 4.54. The quantitative estimate of drug-likeness (QED) is 0.671. The number of benzene rings is 1. The van der Waals surface area contributed by atoms with E-state index in [1.54, 1.807) is 6.21 Å². The number of aryl methyl sites for hydroxylation is 1. The molecule has 0 bridgehead atoms. The molecule has 0 unspecified atom stereocenters. The molecule has 1 amide bonds. The van der Waals surface area contributed by atoms with Gasteiger partial charge in [-0.25, -0.2) is 13.8 Å². The van der Waals surface area contributed by atoms with Crippen LogP contribution in [0.3, 0.4) is 0 Å². The molecule has 1 N–H and O–H groups in total. The smallest absolute Gasteiger partial charge is 0.240 e. The predicted octanol–water partition coefficient (Wildman–Crippen LogP) is 1.27. The van der Waals surface area contributed by atoms with E-state index in [9.17, 15) is 13.2 Å². The number of carbonyl (C=O) groups excluding carboxylic acids is 1. The van der Waals surface area contributed by atoms with Gasteiger partial charge in [0.15, 0.2) is 9.84 Å². The summed E-state index contributed by atoms with van der Waals surface area (Å²) >= 11 is 0. The summed E-state index contributed by atoms with van der Waals surface area (Å²) in [4.78, 5) is 11.6. The maximum Gasteiger partial charge on any atom is 0.240 e. The maximum absolute atomic E-state index is 11.6. The van der Waals surface area contributed by atoms with Crippen molar-refractivity contribution in [3.63, 3.8) is 0 Å². The molecule has 1 aromatic rings. The monoisotopic (exact) mass is 294 g/mol. The van der Waals surface area contributed by atoms with E-state index in [4.69, 9.17) is 0 Å². The van der Waals surface area contributed by atoms with E-state index >= 15 is 0 Å². The second-order valence-corrected chi connectivity index (χ2v) is 7.41. The fraction of sp³-hybridized carbons (Fsp3) is 0.429. The van der Waals surface area contributed by atoms with Gasteiger partial charge in [-0.1, -0.05) is 29.8 Å². The highest BCUT2D eigenvalue weighted by Crippen LogP contribution is 2.21. The first-order valence-electron chi connectivity index (χ1n) is 6.53. The predicted molar refractivity (Wildman–Crippen MR) is 78.3 cm³/mol. The number of carbonyl (C=O) groups is 1. The Morgan fingerprint density at radius 1 is 1.50 bits per heavy atom. The molecule has 5 nitrogen and oxygen atoms in total. The normalized spacial score (nSPS) is 21.1. The molecule has 0 spiro atoms. The molecule has 1 saturated heterocycles. The van der Waals surface area contributed by atoms with Crippen molar-refractivity contribution in [3.05, 3.63) is 35.4 Å². The van der Waals surface area contributed by atoms with Gasteiger partial charge in [0.1, 0.15) is 0 Å². The molecule has 0 radical (unpaired) electrons. The van der Waals surface area contributed by atoms with E-state index in [0.29, 0.717) is 6.42 Å². The van der Waals surface area contributed by atoms with Crippen molar-refractivity contribution in [2.45, 2.75) is 19.8 Å². The minimum Gasteiger partial charge on any atom is -0.273 e. The highest BCUT2D eigenvalue weighted by Gasteiger charge is 2.29. The molecule has 0 aromatic heterocycles. The van der Waals surface area contributed by atoms with Crippen LogP contribution < -0.4 is 5.43 Å². The Morgan fingerprint density at radius 3 is 2.95 bits per heavy atom. The molecule has 0 saturated carbocycles. The lowest BCUT2D eigenvalue weighted by Gasteiger charge is -2.05. The third-order valence-electron chi connectivity index (χ3n) is 3.25. The third kappa shape index (κ3) is 4.45. The minimum absolute atomic E-state index is 0.0748. The summed E-state index contributed by atoms with van der Waals surface area (Å²) in [6.45, 7) is 1.98. The van der Waals surface area contributed by atoms with E-state index in [2.05, 4.69) is 10.5 Å². The first-order chi connectivity index (χ1) is 9.44. The summed E-state index contributed by atoms with van der Waals surface area (Å²) in [5, 5.41) is 3.89. The second-order valence-electron chi connectivity index (χ2n) is 5.18. The van der Waals surface area contributed by atoms with Gasteiger partial charge < -0.3 is 0 Å². The fourth-order valence-electron chi connectivity index (χ4n) is 2.27. The fourth-order valence-corrected chi connectivity index (χ4v) is 4.13. The van der Waals surface area contributed by atoms with Crippen molar-refractivity contribution in [2.24, 2.45) is 11.0 Å². The van der Waals surface area contributed by atoms with Crippen LogP contribution in [-0.4, -0.2) is 32.0 Å². The largest absolute Gasteiger partial charge is 0.273 e. The van der Waals surface area contributed by atoms with Crippen LogP contribution >= 0.6 is 0 Å². The summed E-state index contributed by atoms with van der Waals surface area (Å²) in [5.41, 5.74) is 4.47. The molecule has 1 aliphatic rings. The zero-order valence-corrected chi connectivity index (χ0v) is 12.2. The number of amides is 1. The molecule has 2 rings (SSSR count). The van der Waals surface area contributed by atoms with Gasteiger partial charge in [-0.2, -0.15) is 5.10 Å². The lowest BCUT2D eigenvalue weighted by molar-refractivity contribution is -0.121. The second kappa shape index (κ2) is 6.17. The van der Waals surface area contributed by atoms with Crippen LogP contribution in [0.1, 0.15) is 24.0 Å². The molecular formula is C14H18N2O3S. The minimum atomic E-state index is -2.93. The Balaban J connectivity index is 1.81. The van der Waals surface area contributed by atoms with Gasteiger partial charge in [0, 0.05) is 6.42 Å².